The third-order valence-electron chi connectivity index (χ3n) is 3.10. The fourth-order valence-corrected chi connectivity index (χ4v) is 2.38. The maximum atomic E-state index is 11.7. The van der Waals surface area contributed by atoms with Crippen LogP contribution in [0.5, 0.6) is 0 Å². The van der Waals surface area contributed by atoms with Gasteiger partial charge in [-0.15, -0.1) is 0 Å². The second-order valence-electron chi connectivity index (χ2n) is 4.12. The summed E-state index contributed by atoms with van der Waals surface area (Å²) in [6.45, 7) is 3.09. The van der Waals surface area contributed by atoms with Crippen LogP contribution in [-0.2, 0) is 4.74 Å². The lowest BCUT2D eigenvalue weighted by atomic mass is 9.92. The van der Waals surface area contributed by atoms with Crippen molar-refractivity contribution >= 4 is 11.7 Å². The molecular weight excluding hydrogens is 202 g/mol. The van der Waals surface area contributed by atoms with Gasteiger partial charge >= 0.3 is 5.97 Å². The number of methoxy groups -OCH3 is 1. The zero-order valence-corrected chi connectivity index (χ0v) is 9.75. The van der Waals surface area contributed by atoms with E-state index in [4.69, 9.17) is 4.74 Å². The van der Waals surface area contributed by atoms with Gasteiger partial charge in [0.2, 0.25) is 0 Å². The van der Waals surface area contributed by atoms with Crippen molar-refractivity contribution in [3.8, 4) is 0 Å². The average molecular weight is 219 g/mol. The van der Waals surface area contributed by atoms with Crippen LogP contribution >= 0.6 is 0 Å². The molecule has 0 saturated heterocycles. The smallest absolute Gasteiger partial charge is 0.338 e. The largest absolute Gasteiger partial charge is 0.465 e. The van der Waals surface area contributed by atoms with E-state index in [9.17, 15) is 4.79 Å². The van der Waals surface area contributed by atoms with Gasteiger partial charge in [0.05, 0.1) is 12.7 Å². The standard InChI is InChI=1S/C13H17NO2/c1-3-5-9-8-14-11-7-4-6-10(12(9)11)13(15)16-2/h4,6-7,9,14H,3,5,8H2,1-2H3. The Morgan fingerprint density at radius 3 is 3.06 bits per heavy atom. The van der Waals surface area contributed by atoms with Crippen LogP contribution in [0.25, 0.3) is 0 Å². The molecule has 0 aromatic heterocycles. The molecule has 0 saturated carbocycles. The number of rotatable bonds is 3. The summed E-state index contributed by atoms with van der Waals surface area (Å²) in [6.07, 6.45) is 2.23. The average Bonchev–Trinajstić information content (AvgIpc) is 2.72. The third kappa shape index (κ3) is 1.77. The van der Waals surface area contributed by atoms with Crippen LogP contribution in [0.2, 0.25) is 0 Å². The lowest BCUT2D eigenvalue weighted by Crippen LogP contribution is -2.08. The van der Waals surface area contributed by atoms with Crippen molar-refractivity contribution in [1.29, 1.82) is 0 Å². The number of fused-ring (bicyclic) bond motifs is 1. The normalized spacial score (nSPS) is 17.8. The monoisotopic (exact) mass is 219 g/mol. The number of ether oxygens (including phenoxy) is 1. The second kappa shape index (κ2) is 4.56. The number of nitrogens with one attached hydrogen (secondary N) is 1. The number of carbonyl (C=O) groups is 1. The van der Waals surface area contributed by atoms with E-state index in [2.05, 4.69) is 12.2 Å². The first kappa shape index (κ1) is 11.0. The van der Waals surface area contributed by atoms with Gasteiger partial charge in [0.1, 0.15) is 0 Å². The van der Waals surface area contributed by atoms with Crippen molar-refractivity contribution in [1.82, 2.24) is 0 Å². The van der Waals surface area contributed by atoms with Gasteiger partial charge in [-0.1, -0.05) is 19.4 Å². The fourth-order valence-electron chi connectivity index (χ4n) is 2.38. The first-order chi connectivity index (χ1) is 7.77. The summed E-state index contributed by atoms with van der Waals surface area (Å²) in [5.41, 5.74) is 2.93. The first-order valence-corrected chi connectivity index (χ1v) is 5.73. The third-order valence-corrected chi connectivity index (χ3v) is 3.10. The topological polar surface area (TPSA) is 38.3 Å². The molecule has 0 aliphatic carbocycles. The van der Waals surface area contributed by atoms with Crippen LogP contribution in [0.4, 0.5) is 5.69 Å². The highest BCUT2D eigenvalue weighted by atomic mass is 16.5. The summed E-state index contributed by atoms with van der Waals surface area (Å²) >= 11 is 0. The Kier molecular flexibility index (Phi) is 3.13. The van der Waals surface area contributed by atoms with E-state index in [0.29, 0.717) is 11.5 Å². The van der Waals surface area contributed by atoms with Gasteiger partial charge in [-0.2, -0.15) is 0 Å². The predicted molar refractivity (Wildman–Crippen MR) is 63.9 cm³/mol. The van der Waals surface area contributed by atoms with E-state index in [0.717, 1.165) is 30.6 Å². The van der Waals surface area contributed by atoms with Crippen LogP contribution in [0, 0.1) is 0 Å². The molecule has 0 spiro atoms. The molecular formula is C13H17NO2. The van der Waals surface area contributed by atoms with Crippen molar-refractivity contribution in [3.05, 3.63) is 29.3 Å². The quantitative estimate of drug-likeness (QED) is 0.794. The van der Waals surface area contributed by atoms with Crippen LogP contribution < -0.4 is 5.32 Å². The fraction of sp³-hybridized carbons (Fsp3) is 0.462. The zero-order chi connectivity index (χ0) is 11.5. The van der Waals surface area contributed by atoms with Crippen LogP contribution in [0.15, 0.2) is 18.2 Å². The number of esters is 1. The Balaban J connectivity index is 2.41. The molecule has 1 unspecified atom stereocenters. The van der Waals surface area contributed by atoms with E-state index < -0.39 is 0 Å². The highest BCUT2D eigenvalue weighted by molar-refractivity contribution is 5.93. The molecule has 2 rings (SSSR count). The van der Waals surface area contributed by atoms with Gasteiger partial charge in [-0.05, 0) is 24.1 Å². The first-order valence-electron chi connectivity index (χ1n) is 5.73. The van der Waals surface area contributed by atoms with Crippen molar-refractivity contribution in [2.45, 2.75) is 25.7 Å². The molecule has 1 N–H and O–H groups in total. The molecule has 0 bridgehead atoms. The zero-order valence-electron chi connectivity index (χ0n) is 9.75. The summed E-state index contributed by atoms with van der Waals surface area (Å²) in [5.74, 6) is 0.206. The molecule has 1 aliphatic heterocycles. The molecule has 3 nitrogen and oxygen atoms in total. The minimum atomic E-state index is -0.235. The van der Waals surface area contributed by atoms with Gasteiger partial charge < -0.3 is 10.1 Å². The van der Waals surface area contributed by atoms with E-state index in [-0.39, 0.29) is 5.97 Å². The minimum Gasteiger partial charge on any atom is -0.465 e. The Hall–Kier alpha value is -1.51. The maximum Gasteiger partial charge on any atom is 0.338 e. The molecule has 86 valence electrons. The number of anilines is 1. The van der Waals surface area contributed by atoms with Gasteiger partial charge in [-0.3, -0.25) is 0 Å². The van der Waals surface area contributed by atoms with Gasteiger partial charge in [0, 0.05) is 18.2 Å². The Labute approximate surface area is 95.8 Å². The number of benzene rings is 1. The molecule has 3 heteroatoms. The van der Waals surface area contributed by atoms with Gasteiger partial charge in [-0.25, -0.2) is 4.79 Å². The molecule has 1 aromatic carbocycles. The molecule has 1 aromatic rings. The van der Waals surface area contributed by atoms with Crippen molar-refractivity contribution in [2.24, 2.45) is 0 Å². The summed E-state index contributed by atoms with van der Waals surface area (Å²) < 4.78 is 4.82. The van der Waals surface area contributed by atoms with Crippen LogP contribution in [-0.4, -0.2) is 19.6 Å². The van der Waals surface area contributed by atoms with E-state index in [1.165, 1.54) is 7.11 Å². The van der Waals surface area contributed by atoms with E-state index >= 15 is 0 Å². The lowest BCUT2D eigenvalue weighted by molar-refractivity contribution is 0.0599. The van der Waals surface area contributed by atoms with Crippen LogP contribution in [0.3, 0.4) is 0 Å². The maximum absolute atomic E-state index is 11.7. The summed E-state index contributed by atoms with van der Waals surface area (Å²) in [7, 11) is 1.43. The summed E-state index contributed by atoms with van der Waals surface area (Å²) in [4.78, 5) is 11.7. The van der Waals surface area contributed by atoms with Gasteiger partial charge in [0.15, 0.2) is 0 Å². The highest BCUT2D eigenvalue weighted by Crippen LogP contribution is 2.37. The molecule has 1 heterocycles. The van der Waals surface area contributed by atoms with Crippen molar-refractivity contribution < 1.29 is 9.53 Å². The highest BCUT2D eigenvalue weighted by Gasteiger charge is 2.27. The van der Waals surface area contributed by atoms with Gasteiger partial charge in [0.25, 0.3) is 0 Å². The molecule has 0 fully saturated rings. The van der Waals surface area contributed by atoms with E-state index in [1.807, 2.05) is 18.2 Å². The molecule has 1 aliphatic rings. The molecule has 0 radical (unpaired) electrons. The second-order valence-corrected chi connectivity index (χ2v) is 4.12. The summed E-state index contributed by atoms with van der Waals surface area (Å²) in [6, 6.07) is 5.77. The molecule has 16 heavy (non-hydrogen) atoms. The molecule has 1 atom stereocenters. The van der Waals surface area contributed by atoms with Crippen molar-refractivity contribution in [2.75, 3.05) is 19.0 Å². The minimum absolute atomic E-state index is 0.235. The van der Waals surface area contributed by atoms with E-state index in [1.54, 1.807) is 0 Å². The van der Waals surface area contributed by atoms with Crippen LogP contribution in [0.1, 0.15) is 41.6 Å². The Morgan fingerprint density at radius 1 is 1.56 bits per heavy atom. The Bertz CT molecular complexity index is 399. The molecule has 0 amide bonds. The number of hydrogen-bond donors (Lipinski definition) is 1. The number of carbonyl (C=O) groups excluding carboxylic acids is 1. The van der Waals surface area contributed by atoms with Crippen molar-refractivity contribution in [3.63, 3.8) is 0 Å². The lowest BCUT2D eigenvalue weighted by Gasteiger charge is -2.12. The number of hydrogen-bond acceptors (Lipinski definition) is 3. The Morgan fingerprint density at radius 2 is 2.38 bits per heavy atom. The SMILES string of the molecule is CCCC1CNc2cccc(C(=O)OC)c21. The predicted octanol–water partition coefficient (Wildman–Crippen LogP) is 2.78. The summed E-state index contributed by atoms with van der Waals surface area (Å²) in [5, 5.41) is 3.35.